The van der Waals surface area contributed by atoms with Gasteiger partial charge in [0.25, 0.3) is 0 Å². The second-order valence-corrected chi connectivity index (χ2v) is 11.3. The van der Waals surface area contributed by atoms with Crippen LogP contribution in [0, 0.1) is 17.2 Å². The summed E-state index contributed by atoms with van der Waals surface area (Å²) in [5.41, 5.74) is 6.51. The molecule has 0 spiro atoms. The van der Waals surface area contributed by atoms with Gasteiger partial charge in [0, 0.05) is 55.1 Å². The highest BCUT2D eigenvalue weighted by Gasteiger charge is 2.31. The monoisotopic (exact) mass is 583 g/mol. The van der Waals surface area contributed by atoms with E-state index in [0.717, 1.165) is 49.4 Å². The van der Waals surface area contributed by atoms with E-state index in [9.17, 15) is 10.1 Å². The third-order valence-electron chi connectivity index (χ3n) is 7.26. The van der Waals surface area contributed by atoms with E-state index in [1.54, 1.807) is 0 Å². The van der Waals surface area contributed by atoms with Gasteiger partial charge >= 0.3 is 0 Å². The molecule has 1 fully saturated rings. The van der Waals surface area contributed by atoms with Crippen LogP contribution in [0.4, 0.5) is 17.1 Å². The zero-order chi connectivity index (χ0) is 29.4. The number of ether oxygens (including phenoxy) is 2. The molecule has 0 bridgehead atoms. The molecule has 2 heterocycles. The molecule has 2 aromatic carbocycles. The molecule has 222 valence electrons. The predicted molar refractivity (Wildman–Crippen MR) is 164 cm³/mol. The summed E-state index contributed by atoms with van der Waals surface area (Å²) in [6.45, 7) is 8.15. The van der Waals surface area contributed by atoms with Crippen molar-refractivity contribution in [3.05, 3.63) is 40.9 Å². The minimum absolute atomic E-state index is 0.0738. The first kappa shape index (κ1) is 30.7. The van der Waals surface area contributed by atoms with Gasteiger partial charge in [-0.3, -0.25) is 10.2 Å². The average Bonchev–Trinajstić information content (AvgIpc) is 3.35. The molecule has 0 radical (unpaired) electrons. The second-order valence-electron chi connectivity index (χ2n) is 10.9. The second kappa shape index (κ2) is 14.6. The highest BCUT2D eigenvalue weighted by molar-refractivity contribution is 6.32. The Kier molecular flexibility index (Phi) is 10.9. The van der Waals surface area contributed by atoms with Crippen LogP contribution in [-0.4, -0.2) is 75.3 Å². The number of benzene rings is 2. The van der Waals surface area contributed by atoms with Crippen molar-refractivity contribution in [3.63, 3.8) is 0 Å². The molecule has 0 aromatic heterocycles. The van der Waals surface area contributed by atoms with Crippen LogP contribution in [0.3, 0.4) is 0 Å². The number of carbonyl (C=O) groups is 1. The molecule has 4 N–H and O–H groups in total. The van der Waals surface area contributed by atoms with Crippen LogP contribution in [0.5, 0.6) is 11.5 Å². The number of hydrogen-bond acceptors (Lipinski definition) is 9. The Morgan fingerprint density at radius 1 is 1.24 bits per heavy atom. The smallest absolute Gasteiger partial charge is 0.224 e. The average molecular weight is 584 g/mol. The standard InChI is InChI=1S/C30H42ClN7O3/c1-5-40-28-17-25-23(16-26(28)35-29(39)7-6-11-37(3)4)30(21(18-32)19-33-25)34-22-8-9-27(24(31)15-22)41-14-13-38-12-10-20(2)36-38/h8-9,15-17,20-21,30,33-34,36H,5-7,10-14,19H2,1-4H3,(H,35,39). The summed E-state index contributed by atoms with van der Waals surface area (Å²) in [6, 6.07) is 12.0. The zero-order valence-corrected chi connectivity index (χ0v) is 25.2. The number of halogens is 1. The summed E-state index contributed by atoms with van der Waals surface area (Å²) in [4.78, 5) is 14.8. The van der Waals surface area contributed by atoms with Gasteiger partial charge in [0.2, 0.25) is 5.91 Å². The highest BCUT2D eigenvalue weighted by atomic mass is 35.5. The van der Waals surface area contributed by atoms with E-state index >= 15 is 0 Å². The van der Waals surface area contributed by atoms with Gasteiger partial charge in [-0.2, -0.15) is 5.26 Å². The molecule has 3 unspecified atom stereocenters. The summed E-state index contributed by atoms with van der Waals surface area (Å²) in [7, 11) is 3.98. The van der Waals surface area contributed by atoms with Crippen molar-refractivity contribution in [2.24, 2.45) is 5.92 Å². The largest absolute Gasteiger partial charge is 0.492 e. The van der Waals surface area contributed by atoms with E-state index in [4.69, 9.17) is 21.1 Å². The molecule has 2 aliphatic rings. The summed E-state index contributed by atoms with van der Waals surface area (Å²) < 4.78 is 11.8. The van der Waals surface area contributed by atoms with Crippen LogP contribution in [0.2, 0.25) is 5.02 Å². The molecule has 41 heavy (non-hydrogen) atoms. The molecule has 4 rings (SSSR count). The zero-order valence-electron chi connectivity index (χ0n) is 24.4. The predicted octanol–water partition coefficient (Wildman–Crippen LogP) is 4.72. The molecule has 1 saturated heterocycles. The van der Waals surface area contributed by atoms with E-state index in [2.05, 4.69) is 44.3 Å². The van der Waals surface area contributed by atoms with Crippen molar-refractivity contribution in [2.45, 2.75) is 45.2 Å². The molecule has 2 aliphatic heterocycles. The van der Waals surface area contributed by atoms with Gasteiger partial charge < -0.3 is 30.3 Å². The van der Waals surface area contributed by atoms with Crippen molar-refractivity contribution < 1.29 is 14.3 Å². The van der Waals surface area contributed by atoms with Crippen molar-refractivity contribution in [2.75, 3.05) is 69.4 Å². The fourth-order valence-corrected chi connectivity index (χ4v) is 5.36. The van der Waals surface area contributed by atoms with Gasteiger partial charge in [-0.1, -0.05) is 11.6 Å². The van der Waals surface area contributed by atoms with Crippen LogP contribution in [0.1, 0.15) is 44.7 Å². The number of nitrogens with zero attached hydrogens (tertiary/aromatic N) is 3. The van der Waals surface area contributed by atoms with Crippen LogP contribution < -0.4 is 30.8 Å². The minimum Gasteiger partial charge on any atom is -0.492 e. The first-order valence-electron chi connectivity index (χ1n) is 14.4. The summed E-state index contributed by atoms with van der Waals surface area (Å²) in [5, 5.41) is 22.5. The van der Waals surface area contributed by atoms with Crippen LogP contribution in [0.15, 0.2) is 30.3 Å². The summed E-state index contributed by atoms with van der Waals surface area (Å²) >= 11 is 6.60. The van der Waals surface area contributed by atoms with Gasteiger partial charge in [0.15, 0.2) is 0 Å². The van der Waals surface area contributed by atoms with Gasteiger partial charge in [-0.05, 0) is 71.6 Å². The molecule has 1 amide bonds. The Morgan fingerprint density at radius 3 is 2.76 bits per heavy atom. The number of nitrogens with one attached hydrogen (secondary N) is 4. The van der Waals surface area contributed by atoms with Crippen LogP contribution in [-0.2, 0) is 4.79 Å². The minimum atomic E-state index is -0.353. The Bertz CT molecular complexity index is 1240. The van der Waals surface area contributed by atoms with E-state index < -0.39 is 0 Å². The Balaban J connectivity index is 1.49. The molecule has 2 aromatic rings. The Hall–Kier alpha value is -3.23. The number of amides is 1. The molecular weight excluding hydrogens is 542 g/mol. The quantitative estimate of drug-likeness (QED) is 0.266. The van der Waals surface area contributed by atoms with E-state index in [0.29, 0.717) is 54.4 Å². The maximum atomic E-state index is 12.7. The normalized spacial score (nSPS) is 20.2. The lowest BCUT2D eigenvalue weighted by Gasteiger charge is -2.33. The number of hydrazine groups is 1. The number of anilines is 3. The maximum Gasteiger partial charge on any atom is 0.224 e. The fourth-order valence-electron chi connectivity index (χ4n) is 5.12. The molecule has 10 nitrogen and oxygen atoms in total. The van der Waals surface area contributed by atoms with Gasteiger partial charge in [-0.15, -0.1) is 0 Å². The van der Waals surface area contributed by atoms with Crippen molar-refractivity contribution in [3.8, 4) is 17.6 Å². The first-order valence-corrected chi connectivity index (χ1v) is 14.7. The maximum absolute atomic E-state index is 12.7. The number of nitriles is 1. The number of rotatable bonds is 13. The van der Waals surface area contributed by atoms with Crippen LogP contribution in [0.25, 0.3) is 0 Å². The van der Waals surface area contributed by atoms with Crippen LogP contribution >= 0.6 is 11.6 Å². The number of carbonyl (C=O) groups excluding carboxylic acids is 1. The SMILES string of the molecule is CCOc1cc2c(cc1NC(=O)CCCN(C)C)C(Nc1ccc(OCCN3CCC(C)N3)c(Cl)c1)C(C#N)CN2. The van der Waals surface area contributed by atoms with E-state index in [-0.39, 0.29) is 17.9 Å². The van der Waals surface area contributed by atoms with Crippen molar-refractivity contribution in [1.29, 1.82) is 5.26 Å². The topological polar surface area (TPSA) is 114 Å². The van der Waals surface area contributed by atoms with Gasteiger partial charge in [-0.25, -0.2) is 5.01 Å². The molecule has 3 atom stereocenters. The molecule has 11 heteroatoms. The van der Waals surface area contributed by atoms with Gasteiger partial charge in [0.05, 0.1) is 35.3 Å². The third kappa shape index (κ3) is 8.39. The highest BCUT2D eigenvalue weighted by Crippen LogP contribution is 2.42. The summed E-state index contributed by atoms with van der Waals surface area (Å²) in [5.74, 6) is 0.786. The molecular formula is C30H42ClN7O3. The van der Waals surface area contributed by atoms with Crippen molar-refractivity contribution >= 4 is 34.6 Å². The van der Waals surface area contributed by atoms with Gasteiger partial charge in [0.1, 0.15) is 18.1 Å². The lowest BCUT2D eigenvalue weighted by molar-refractivity contribution is -0.116. The Labute approximate surface area is 248 Å². The first-order chi connectivity index (χ1) is 19.8. The van der Waals surface area contributed by atoms with E-state index in [1.807, 2.05) is 51.4 Å². The molecule has 0 aliphatic carbocycles. The van der Waals surface area contributed by atoms with E-state index in [1.165, 1.54) is 0 Å². The lowest BCUT2D eigenvalue weighted by atomic mass is 9.88. The summed E-state index contributed by atoms with van der Waals surface area (Å²) in [6.07, 6.45) is 2.29. The van der Waals surface area contributed by atoms with Crippen molar-refractivity contribution in [1.82, 2.24) is 15.3 Å². The molecule has 0 saturated carbocycles. The Morgan fingerprint density at radius 2 is 2.07 bits per heavy atom. The third-order valence-corrected chi connectivity index (χ3v) is 7.55. The fraction of sp³-hybridized carbons (Fsp3) is 0.533. The number of hydrogen-bond donors (Lipinski definition) is 4. The number of fused-ring (bicyclic) bond motifs is 1. The lowest BCUT2D eigenvalue weighted by Crippen LogP contribution is -2.37.